The number of rotatable bonds is 0. The van der Waals surface area contributed by atoms with Crippen LogP contribution in [0, 0.1) is 11.8 Å². The Kier molecular flexibility index (Phi) is 2.87. The van der Waals surface area contributed by atoms with E-state index >= 15 is 0 Å². The molecule has 0 heterocycles. The predicted octanol–water partition coefficient (Wildman–Crippen LogP) is 5.03. The van der Waals surface area contributed by atoms with Gasteiger partial charge in [0.2, 0.25) is 9.75 Å². The molecule has 0 atom stereocenters. The second-order valence-electron chi connectivity index (χ2n) is 5.92. The first-order valence-electron chi connectivity index (χ1n) is 5.88. The minimum Gasteiger partial charge on any atom is -0.205 e. The third-order valence-corrected chi connectivity index (χ3v) is 6.41. The Hall–Kier alpha value is -0.260. The number of halogens is 14. The van der Waals surface area contributed by atoms with E-state index in [1.54, 1.807) is 0 Å². The molecule has 24 heavy (non-hydrogen) atoms. The van der Waals surface area contributed by atoms with Gasteiger partial charge in [-0.05, 0) is 0 Å². The highest BCUT2D eigenvalue weighted by Crippen LogP contribution is 2.86. The van der Waals surface area contributed by atoms with Crippen LogP contribution in [0.4, 0.5) is 52.7 Å². The van der Waals surface area contributed by atoms with E-state index in [1.165, 1.54) is 0 Å². The Bertz CT molecular complexity index is 543. The van der Waals surface area contributed by atoms with Gasteiger partial charge in [0.1, 0.15) is 0 Å². The van der Waals surface area contributed by atoms with Crippen molar-refractivity contribution in [3.8, 4) is 0 Å². The summed E-state index contributed by atoms with van der Waals surface area (Å²) in [6, 6.07) is 0. The molecule has 0 aromatic heterocycles. The molecule has 0 N–H and O–H groups in total. The molecule has 0 amide bonds. The van der Waals surface area contributed by atoms with Gasteiger partial charge in [-0.2, -0.15) is 0 Å². The minimum absolute atomic E-state index is 4.54. The van der Waals surface area contributed by atoms with Crippen LogP contribution in [0.1, 0.15) is 0 Å². The highest BCUT2D eigenvalue weighted by atomic mass is 35.5. The summed E-state index contributed by atoms with van der Waals surface area (Å²) in [6.45, 7) is 0. The van der Waals surface area contributed by atoms with Gasteiger partial charge in [0, 0.05) is 0 Å². The Balaban J connectivity index is 2.56. The molecular formula is C10H2Cl2F12. The zero-order valence-electron chi connectivity index (χ0n) is 10.4. The van der Waals surface area contributed by atoms with Crippen LogP contribution in [0.25, 0.3) is 0 Å². The van der Waals surface area contributed by atoms with Crippen LogP contribution in [0.5, 0.6) is 0 Å². The minimum atomic E-state index is -6.52. The second kappa shape index (κ2) is 3.72. The van der Waals surface area contributed by atoms with Crippen LogP contribution in [0.3, 0.4) is 0 Å². The molecule has 4 fully saturated rings. The maximum Gasteiger partial charge on any atom is 0.309 e. The van der Waals surface area contributed by atoms with Gasteiger partial charge >= 0.3 is 5.92 Å². The molecule has 0 radical (unpaired) electrons. The van der Waals surface area contributed by atoms with Crippen molar-refractivity contribution in [1.82, 2.24) is 0 Å². The van der Waals surface area contributed by atoms with Crippen molar-refractivity contribution in [2.75, 3.05) is 0 Å². The molecule has 4 aliphatic carbocycles. The van der Waals surface area contributed by atoms with Crippen LogP contribution < -0.4 is 0 Å². The van der Waals surface area contributed by atoms with E-state index in [9.17, 15) is 52.7 Å². The quantitative estimate of drug-likeness (QED) is 0.381. The van der Waals surface area contributed by atoms with E-state index < -0.39 is 57.1 Å². The summed E-state index contributed by atoms with van der Waals surface area (Å²) in [7, 11) is 0. The molecule has 0 spiro atoms. The highest BCUT2D eigenvalue weighted by molar-refractivity contribution is 6.32. The highest BCUT2D eigenvalue weighted by Gasteiger charge is 3.11. The SMILES string of the molecule is FC1(F)C2C(F)(F)C3(Cl)C(F)(F)C1C(F)(F)C(Cl)(C2(F)F)C3(F)F. The van der Waals surface area contributed by atoms with Crippen molar-refractivity contribution in [3.63, 3.8) is 0 Å². The van der Waals surface area contributed by atoms with E-state index in [0.29, 0.717) is 0 Å². The summed E-state index contributed by atoms with van der Waals surface area (Å²) in [6.07, 6.45) is 0. The fourth-order valence-corrected chi connectivity index (χ4v) is 4.67. The van der Waals surface area contributed by atoms with Crippen LogP contribution in [-0.4, -0.2) is 45.3 Å². The number of hydrogen-bond donors (Lipinski definition) is 0. The molecule has 0 saturated heterocycles. The van der Waals surface area contributed by atoms with Crippen LogP contribution in [-0.2, 0) is 0 Å². The van der Waals surface area contributed by atoms with Crippen molar-refractivity contribution in [1.29, 1.82) is 0 Å². The van der Waals surface area contributed by atoms with Crippen molar-refractivity contribution in [3.05, 3.63) is 0 Å². The lowest BCUT2D eigenvalue weighted by Crippen LogP contribution is -2.99. The fourth-order valence-electron chi connectivity index (χ4n) is 3.90. The molecular weight excluding hydrogens is 419 g/mol. The fraction of sp³-hybridized carbons (Fsp3) is 1.00. The second-order valence-corrected chi connectivity index (χ2v) is 7.06. The van der Waals surface area contributed by atoms with Gasteiger partial charge in [0.15, 0.2) is 11.8 Å². The van der Waals surface area contributed by atoms with Gasteiger partial charge in [-0.15, -0.1) is 0 Å². The lowest BCUT2D eigenvalue weighted by molar-refractivity contribution is -0.502. The van der Waals surface area contributed by atoms with E-state index in [4.69, 9.17) is 0 Å². The molecule has 0 aromatic carbocycles. The zero-order chi connectivity index (χ0) is 19.2. The Morgan fingerprint density at radius 1 is 0.458 bits per heavy atom. The first kappa shape index (κ1) is 18.5. The molecule has 0 nitrogen and oxygen atoms in total. The molecule has 4 rings (SSSR count). The lowest BCUT2D eigenvalue weighted by atomic mass is 9.45. The molecule has 0 aromatic rings. The number of hydrogen-bond acceptors (Lipinski definition) is 0. The Labute approximate surface area is 134 Å². The first-order chi connectivity index (χ1) is 10.2. The van der Waals surface area contributed by atoms with E-state index in [0.717, 1.165) is 0 Å². The van der Waals surface area contributed by atoms with Crippen molar-refractivity contribution < 1.29 is 52.7 Å². The molecule has 14 heteroatoms. The van der Waals surface area contributed by atoms with Crippen LogP contribution >= 0.6 is 23.2 Å². The standard InChI is InChI=1S/C10H2Cl2F12/c11-8-4(15,16)1-3(13,14)2(6(8,19)20)7(21,22)9(12,5(1,17)18)10(8,23)24/h1-2H. The largest absolute Gasteiger partial charge is 0.309 e. The zero-order valence-corrected chi connectivity index (χ0v) is 12.0. The first-order valence-corrected chi connectivity index (χ1v) is 6.63. The molecule has 4 saturated carbocycles. The molecule has 140 valence electrons. The average molecular weight is 421 g/mol. The van der Waals surface area contributed by atoms with Gasteiger partial charge in [-0.1, -0.05) is 23.2 Å². The summed E-state index contributed by atoms with van der Waals surface area (Å²) < 4.78 is 167. The maximum absolute atomic E-state index is 14.1. The maximum atomic E-state index is 14.1. The van der Waals surface area contributed by atoms with Gasteiger partial charge in [-0.3, -0.25) is 0 Å². The lowest BCUT2D eigenvalue weighted by Gasteiger charge is -2.71. The van der Waals surface area contributed by atoms with E-state index in [2.05, 4.69) is 23.2 Å². The van der Waals surface area contributed by atoms with E-state index in [1.807, 2.05) is 0 Å². The molecule has 0 aliphatic heterocycles. The van der Waals surface area contributed by atoms with Gasteiger partial charge in [0.25, 0.3) is 29.6 Å². The predicted molar refractivity (Wildman–Crippen MR) is 53.8 cm³/mol. The summed E-state index contributed by atoms with van der Waals surface area (Å²) in [5.41, 5.74) is 0. The van der Waals surface area contributed by atoms with Gasteiger partial charge in [0.05, 0.1) is 0 Å². The monoisotopic (exact) mass is 420 g/mol. The van der Waals surface area contributed by atoms with Crippen LogP contribution in [0.2, 0.25) is 0 Å². The Morgan fingerprint density at radius 2 is 0.667 bits per heavy atom. The van der Waals surface area contributed by atoms with Crippen molar-refractivity contribution in [2.45, 2.75) is 45.3 Å². The molecule has 0 unspecified atom stereocenters. The molecule has 4 bridgehead atoms. The topological polar surface area (TPSA) is 0 Å². The summed E-state index contributed by atoms with van der Waals surface area (Å²) in [5, 5.41) is 0. The van der Waals surface area contributed by atoms with Gasteiger partial charge in [-0.25, -0.2) is 52.7 Å². The summed E-state index contributed by atoms with van der Waals surface area (Å²) >= 11 is 9.09. The van der Waals surface area contributed by atoms with Crippen LogP contribution in [0.15, 0.2) is 0 Å². The molecule has 4 aliphatic rings. The third kappa shape index (κ3) is 1.16. The Morgan fingerprint density at radius 3 is 0.875 bits per heavy atom. The number of alkyl halides is 14. The summed E-state index contributed by atoms with van der Waals surface area (Å²) in [4.78, 5) is -11.6. The van der Waals surface area contributed by atoms with E-state index in [-0.39, 0.29) is 0 Å². The van der Waals surface area contributed by atoms with Crippen molar-refractivity contribution in [2.24, 2.45) is 11.8 Å². The average Bonchev–Trinajstić information content (AvgIpc) is 2.28. The smallest absolute Gasteiger partial charge is 0.205 e. The van der Waals surface area contributed by atoms with Gasteiger partial charge < -0.3 is 0 Å². The third-order valence-electron chi connectivity index (χ3n) is 4.92. The normalized spacial score (nSPS) is 50.8. The van der Waals surface area contributed by atoms with Crippen molar-refractivity contribution >= 4 is 23.2 Å². The summed E-state index contributed by atoms with van der Waals surface area (Å²) in [5.74, 6) is -47.9.